The molecule has 0 saturated carbocycles. The highest BCUT2D eigenvalue weighted by Crippen LogP contribution is 2.34. The molecule has 1 aliphatic rings. The highest BCUT2D eigenvalue weighted by Gasteiger charge is 2.32. The van der Waals surface area contributed by atoms with Gasteiger partial charge in [0.25, 0.3) is 0 Å². The van der Waals surface area contributed by atoms with Crippen LogP contribution in [-0.4, -0.2) is 52.4 Å². The Morgan fingerprint density at radius 1 is 1.30 bits per heavy atom. The van der Waals surface area contributed by atoms with E-state index in [1.807, 2.05) is 26.8 Å². The molecule has 7 nitrogen and oxygen atoms in total. The Morgan fingerprint density at radius 2 is 2.04 bits per heavy atom. The van der Waals surface area contributed by atoms with Crippen molar-refractivity contribution < 1.29 is 19.1 Å². The van der Waals surface area contributed by atoms with E-state index in [0.29, 0.717) is 29.1 Å². The first-order valence-corrected chi connectivity index (χ1v) is 9.31. The molecule has 1 fully saturated rings. The summed E-state index contributed by atoms with van der Waals surface area (Å²) in [5.74, 6) is -0.0457. The lowest BCUT2D eigenvalue weighted by atomic mass is 9.95. The molecular weight excluding hydrogens is 370 g/mol. The molecule has 0 bridgehead atoms. The molecule has 0 N–H and O–H groups in total. The number of fused-ring (bicyclic) bond motifs is 1. The highest BCUT2D eigenvalue weighted by molar-refractivity contribution is 6.35. The standard InChI is InChI=1S/C19H24ClN3O4/c1-19(2,3)27-17(24)22-9-5-6-12(11-22)15-10-13-14(20)7-8-21-16(13)23(15)18(25)26-4/h7-8,10,12H,5-6,9,11H2,1-4H3/t12-/m0/s1. The number of amides is 1. The number of methoxy groups -OCH3 is 1. The molecule has 2 aromatic heterocycles. The van der Waals surface area contributed by atoms with Crippen LogP contribution in [0.3, 0.4) is 0 Å². The first-order valence-electron chi connectivity index (χ1n) is 8.93. The minimum Gasteiger partial charge on any atom is -0.452 e. The first kappa shape index (κ1) is 19.5. The zero-order valence-corrected chi connectivity index (χ0v) is 16.7. The minimum absolute atomic E-state index is 0.0457. The van der Waals surface area contributed by atoms with E-state index in [9.17, 15) is 9.59 Å². The number of likely N-dealkylation sites (tertiary alicyclic amines) is 1. The van der Waals surface area contributed by atoms with E-state index in [1.54, 1.807) is 17.2 Å². The maximum absolute atomic E-state index is 12.5. The predicted octanol–water partition coefficient (Wildman–Crippen LogP) is 4.42. The van der Waals surface area contributed by atoms with E-state index < -0.39 is 11.7 Å². The molecule has 0 radical (unpaired) electrons. The van der Waals surface area contributed by atoms with Crippen LogP contribution in [0.15, 0.2) is 18.3 Å². The molecular formula is C19H24ClN3O4. The van der Waals surface area contributed by atoms with Crippen molar-refractivity contribution in [2.75, 3.05) is 20.2 Å². The summed E-state index contributed by atoms with van der Waals surface area (Å²) in [6.07, 6.45) is 2.34. The number of pyridine rings is 1. The molecule has 0 unspecified atom stereocenters. The highest BCUT2D eigenvalue weighted by atomic mass is 35.5. The second-order valence-electron chi connectivity index (χ2n) is 7.67. The largest absolute Gasteiger partial charge is 0.452 e. The van der Waals surface area contributed by atoms with Gasteiger partial charge in [0.05, 0.1) is 12.1 Å². The number of ether oxygens (including phenoxy) is 2. The van der Waals surface area contributed by atoms with Crippen LogP contribution in [-0.2, 0) is 9.47 Å². The molecule has 0 aromatic carbocycles. The normalized spacial score (nSPS) is 17.8. The van der Waals surface area contributed by atoms with Crippen LogP contribution in [0.25, 0.3) is 11.0 Å². The van der Waals surface area contributed by atoms with Crippen molar-refractivity contribution in [3.63, 3.8) is 0 Å². The SMILES string of the molecule is COC(=O)n1c([C@H]2CCCN(C(=O)OC(C)(C)C)C2)cc2c(Cl)ccnc21. The topological polar surface area (TPSA) is 73.7 Å². The van der Waals surface area contributed by atoms with Crippen LogP contribution in [0, 0.1) is 0 Å². The summed E-state index contributed by atoms with van der Waals surface area (Å²) in [6.45, 7) is 6.61. The molecule has 1 aliphatic heterocycles. The van der Waals surface area contributed by atoms with E-state index in [1.165, 1.54) is 11.7 Å². The Bertz CT molecular complexity index is 872. The van der Waals surface area contributed by atoms with Gasteiger partial charge in [0.15, 0.2) is 5.65 Å². The Morgan fingerprint density at radius 3 is 2.70 bits per heavy atom. The summed E-state index contributed by atoms with van der Waals surface area (Å²) < 4.78 is 11.9. The molecule has 8 heteroatoms. The number of carbonyl (C=O) groups is 2. The minimum atomic E-state index is -0.553. The van der Waals surface area contributed by atoms with Gasteiger partial charge >= 0.3 is 12.2 Å². The molecule has 3 rings (SSSR count). The summed E-state index contributed by atoms with van der Waals surface area (Å²) >= 11 is 6.29. The zero-order valence-electron chi connectivity index (χ0n) is 16.0. The summed E-state index contributed by atoms with van der Waals surface area (Å²) in [6, 6.07) is 3.55. The summed E-state index contributed by atoms with van der Waals surface area (Å²) in [5, 5.41) is 1.21. The number of carbonyl (C=O) groups excluding carboxylic acids is 2. The van der Waals surface area contributed by atoms with Gasteiger partial charge in [0.2, 0.25) is 0 Å². The number of hydrogen-bond acceptors (Lipinski definition) is 5. The molecule has 2 aromatic rings. The van der Waals surface area contributed by atoms with Gasteiger partial charge in [-0.15, -0.1) is 0 Å². The Kier molecular flexibility index (Phi) is 5.33. The van der Waals surface area contributed by atoms with Crippen molar-refractivity contribution in [3.8, 4) is 0 Å². The van der Waals surface area contributed by atoms with Gasteiger partial charge in [0.1, 0.15) is 5.60 Å². The average Bonchev–Trinajstić information content (AvgIpc) is 3.01. The Hall–Kier alpha value is -2.28. The van der Waals surface area contributed by atoms with Crippen molar-refractivity contribution >= 4 is 34.8 Å². The van der Waals surface area contributed by atoms with Crippen LogP contribution >= 0.6 is 11.6 Å². The number of aromatic nitrogens is 2. The van der Waals surface area contributed by atoms with Crippen molar-refractivity contribution in [2.45, 2.75) is 45.1 Å². The van der Waals surface area contributed by atoms with Crippen LogP contribution in [0.1, 0.15) is 45.2 Å². The maximum Gasteiger partial charge on any atom is 0.419 e. The Labute approximate surface area is 163 Å². The number of nitrogens with zero attached hydrogens (tertiary/aromatic N) is 3. The average molecular weight is 394 g/mol. The van der Waals surface area contributed by atoms with Crippen molar-refractivity contribution in [1.82, 2.24) is 14.5 Å². The third-order valence-electron chi connectivity index (χ3n) is 4.53. The number of piperidine rings is 1. The fraction of sp³-hybridized carbons (Fsp3) is 0.526. The molecule has 0 spiro atoms. The van der Waals surface area contributed by atoms with Crippen molar-refractivity contribution in [1.29, 1.82) is 0 Å². The predicted molar refractivity (Wildman–Crippen MR) is 102 cm³/mol. The van der Waals surface area contributed by atoms with Gasteiger partial charge in [-0.3, -0.25) is 0 Å². The van der Waals surface area contributed by atoms with Gasteiger partial charge in [-0.1, -0.05) is 11.6 Å². The van der Waals surface area contributed by atoms with Crippen molar-refractivity contribution in [2.24, 2.45) is 0 Å². The second-order valence-corrected chi connectivity index (χ2v) is 8.08. The lowest BCUT2D eigenvalue weighted by Gasteiger charge is -2.34. The number of halogens is 1. The van der Waals surface area contributed by atoms with Crippen LogP contribution in [0.2, 0.25) is 5.02 Å². The fourth-order valence-electron chi connectivity index (χ4n) is 3.38. The molecule has 27 heavy (non-hydrogen) atoms. The lowest BCUT2D eigenvalue weighted by Crippen LogP contribution is -2.42. The Balaban J connectivity index is 1.95. The summed E-state index contributed by atoms with van der Waals surface area (Å²) in [5.41, 5.74) is 0.645. The summed E-state index contributed by atoms with van der Waals surface area (Å²) in [7, 11) is 1.33. The van der Waals surface area contributed by atoms with E-state index >= 15 is 0 Å². The van der Waals surface area contributed by atoms with E-state index in [2.05, 4.69) is 4.98 Å². The third-order valence-corrected chi connectivity index (χ3v) is 4.86. The monoisotopic (exact) mass is 393 g/mol. The van der Waals surface area contributed by atoms with Gasteiger partial charge in [-0.25, -0.2) is 19.1 Å². The van der Waals surface area contributed by atoms with Gasteiger partial charge in [-0.05, 0) is 45.7 Å². The van der Waals surface area contributed by atoms with Gasteiger partial charge in [-0.2, -0.15) is 0 Å². The van der Waals surface area contributed by atoms with Crippen LogP contribution in [0.4, 0.5) is 9.59 Å². The van der Waals surface area contributed by atoms with Crippen LogP contribution < -0.4 is 0 Å². The van der Waals surface area contributed by atoms with E-state index in [0.717, 1.165) is 18.5 Å². The number of rotatable bonds is 1. The molecule has 1 amide bonds. The lowest BCUT2D eigenvalue weighted by molar-refractivity contribution is 0.0196. The third kappa shape index (κ3) is 4.03. The van der Waals surface area contributed by atoms with Crippen LogP contribution in [0.5, 0.6) is 0 Å². The molecule has 1 atom stereocenters. The summed E-state index contributed by atoms with van der Waals surface area (Å²) in [4.78, 5) is 30.9. The smallest absolute Gasteiger partial charge is 0.419 e. The van der Waals surface area contributed by atoms with E-state index in [4.69, 9.17) is 21.1 Å². The van der Waals surface area contributed by atoms with Crippen molar-refractivity contribution in [3.05, 3.63) is 29.0 Å². The van der Waals surface area contributed by atoms with Gasteiger partial charge in [0, 0.05) is 36.3 Å². The first-order chi connectivity index (χ1) is 12.7. The molecule has 0 aliphatic carbocycles. The second kappa shape index (κ2) is 7.38. The fourth-order valence-corrected chi connectivity index (χ4v) is 3.58. The molecule has 146 valence electrons. The maximum atomic E-state index is 12.5. The van der Waals surface area contributed by atoms with E-state index in [-0.39, 0.29) is 12.0 Å². The quantitative estimate of drug-likeness (QED) is 0.717. The molecule has 3 heterocycles. The molecule has 1 saturated heterocycles. The zero-order chi connectivity index (χ0) is 19.8. The number of hydrogen-bond donors (Lipinski definition) is 0. The van der Waals surface area contributed by atoms with Gasteiger partial charge < -0.3 is 14.4 Å².